The molecule has 0 aromatic heterocycles. The van der Waals surface area contributed by atoms with Crippen molar-refractivity contribution in [2.45, 2.75) is 51.6 Å². The first-order chi connectivity index (χ1) is 10.1. The molecule has 21 heavy (non-hydrogen) atoms. The van der Waals surface area contributed by atoms with Crippen molar-refractivity contribution >= 4 is 0 Å². The van der Waals surface area contributed by atoms with Crippen LogP contribution >= 0.6 is 0 Å². The Kier molecular flexibility index (Phi) is 4.37. The molecule has 4 unspecified atom stereocenters. The summed E-state index contributed by atoms with van der Waals surface area (Å²) in [5.41, 5.74) is 1.51. The largest absolute Gasteiger partial charge is 0.305 e. The number of rotatable bonds is 3. The van der Waals surface area contributed by atoms with Gasteiger partial charge in [-0.3, -0.25) is 4.90 Å². The molecule has 1 aromatic carbocycles. The molecule has 1 saturated carbocycles. The minimum atomic E-state index is 0.0952. The minimum Gasteiger partial charge on any atom is -0.305 e. The molecule has 3 rings (SSSR count). The molecule has 2 nitrogen and oxygen atoms in total. The molecule has 2 heteroatoms. The molecular formula is C19H30N2. The van der Waals surface area contributed by atoms with Crippen molar-refractivity contribution in [2.75, 3.05) is 19.6 Å². The Bertz CT molecular complexity index is 458. The van der Waals surface area contributed by atoms with Crippen LogP contribution in [0.2, 0.25) is 0 Å². The predicted molar refractivity (Wildman–Crippen MR) is 89.3 cm³/mol. The van der Waals surface area contributed by atoms with Crippen LogP contribution in [0.5, 0.6) is 0 Å². The van der Waals surface area contributed by atoms with Gasteiger partial charge in [-0.15, -0.1) is 0 Å². The van der Waals surface area contributed by atoms with Crippen molar-refractivity contribution < 1.29 is 0 Å². The van der Waals surface area contributed by atoms with Crippen LogP contribution < -0.4 is 5.32 Å². The molecule has 1 heterocycles. The second-order valence-corrected chi connectivity index (χ2v) is 7.64. The first kappa shape index (κ1) is 15.1. The van der Waals surface area contributed by atoms with Crippen molar-refractivity contribution in [3.05, 3.63) is 35.9 Å². The van der Waals surface area contributed by atoms with Crippen molar-refractivity contribution in [3.8, 4) is 0 Å². The molecule has 1 aliphatic heterocycles. The van der Waals surface area contributed by atoms with E-state index >= 15 is 0 Å². The highest BCUT2D eigenvalue weighted by molar-refractivity contribution is 5.25. The summed E-state index contributed by atoms with van der Waals surface area (Å²) in [6.45, 7) is 10.6. The van der Waals surface area contributed by atoms with Crippen LogP contribution in [0.4, 0.5) is 0 Å². The topological polar surface area (TPSA) is 15.3 Å². The van der Waals surface area contributed by atoms with Gasteiger partial charge in [0.2, 0.25) is 0 Å². The van der Waals surface area contributed by atoms with E-state index in [-0.39, 0.29) is 5.54 Å². The van der Waals surface area contributed by atoms with Gasteiger partial charge in [-0.2, -0.15) is 0 Å². The number of hydrogen-bond donors (Lipinski definition) is 1. The second-order valence-electron chi connectivity index (χ2n) is 7.64. The highest BCUT2D eigenvalue weighted by Gasteiger charge is 2.36. The van der Waals surface area contributed by atoms with Gasteiger partial charge >= 0.3 is 0 Å². The van der Waals surface area contributed by atoms with Crippen LogP contribution in [-0.2, 0) is 5.54 Å². The Hall–Kier alpha value is -0.860. The second kappa shape index (κ2) is 6.10. The number of benzene rings is 1. The molecule has 0 bridgehead atoms. The number of piperazine rings is 1. The monoisotopic (exact) mass is 286 g/mol. The Labute approximate surface area is 129 Å². The fourth-order valence-electron chi connectivity index (χ4n) is 4.19. The average Bonchev–Trinajstić information content (AvgIpc) is 2.89. The first-order valence-electron chi connectivity index (χ1n) is 8.61. The van der Waals surface area contributed by atoms with E-state index in [9.17, 15) is 0 Å². The van der Waals surface area contributed by atoms with E-state index in [4.69, 9.17) is 0 Å². The van der Waals surface area contributed by atoms with Gasteiger partial charge < -0.3 is 5.32 Å². The van der Waals surface area contributed by atoms with Crippen molar-refractivity contribution in [2.24, 2.45) is 11.8 Å². The number of nitrogens with one attached hydrogen (secondary N) is 1. The lowest BCUT2D eigenvalue weighted by Crippen LogP contribution is -2.60. The highest BCUT2D eigenvalue weighted by Crippen LogP contribution is 2.33. The Morgan fingerprint density at radius 1 is 1.19 bits per heavy atom. The van der Waals surface area contributed by atoms with Crippen LogP contribution in [-0.4, -0.2) is 30.6 Å². The average molecular weight is 286 g/mol. The van der Waals surface area contributed by atoms with E-state index < -0.39 is 0 Å². The van der Waals surface area contributed by atoms with Crippen LogP contribution in [0, 0.1) is 11.8 Å². The van der Waals surface area contributed by atoms with Gasteiger partial charge in [0, 0.05) is 25.7 Å². The van der Waals surface area contributed by atoms with Gasteiger partial charge in [0.1, 0.15) is 0 Å². The maximum absolute atomic E-state index is 3.78. The SMILES string of the molecule is CC1CCC(CN2CC(C)(c3ccccc3)NCC2C)C1. The van der Waals surface area contributed by atoms with Crippen molar-refractivity contribution in [1.82, 2.24) is 10.2 Å². The molecule has 1 N–H and O–H groups in total. The summed E-state index contributed by atoms with van der Waals surface area (Å²) in [6.07, 6.45) is 4.29. The summed E-state index contributed by atoms with van der Waals surface area (Å²) in [5.74, 6) is 1.86. The molecule has 1 saturated heterocycles. The molecule has 4 atom stereocenters. The summed E-state index contributed by atoms with van der Waals surface area (Å²) in [6, 6.07) is 11.6. The van der Waals surface area contributed by atoms with Gasteiger partial charge in [0.05, 0.1) is 5.54 Å². The van der Waals surface area contributed by atoms with Gasteiger partial charge in [-0.05, 0) is 44.1 Å². The predicted octanol–water partition coefficient (Wildman–Crippen LogP) is 3.63. The van der Waals surface area contributed by atoms with Crippen LogP contribution in [0.15, 0.2) is 30.3 Å². The fraction of sp³-hybridized carbons (Fsp3) is 0.684. The number of nitrogens with zero attached hydrogens (tertiary/aromatic N) is 1. The van der Waals surface area contributed by atoms with E-state index in [1.807, 2.05) is 0 Å². The summed E-state index contributed by atoms with van der Waals surface area (Å²) in [4.78, 5) is 2.73. The van der Waals surface area contributed by atoms with Gasteiger partial charge in [0.25, 0.3) is 0 Å². The third-order valence-corrected chi connectivity index (χ3v) is 5.64. The summed E-state index contributed by atoms with van der Waals surface area (Å²) >= 11 is 0. The molecule has 0 amide bonds. The van der Waals surface area contributed by atoms with E-state index in [0.29, 0.717) is 6.04 Å². The Morgan fingerprint density at radius 2 is 1.95 bits per heavy atom. The summed E-state index contributed by atoms with van der Waals surface area (Å²) in [7, 11) is 0. The van der Waals surface area contributed by atoms with Crippen molar-refractivity contribution in [1.29, 1.82) is 0 Å². The lowest BCUT2D eigenvalue weighted by Gasteiger charge is -2.46. The highest BCUT2D eigenvalue weighted by atomic mass is 15.2. The fourth-order valence-corrected chi connectivity index (χ4v) is 4.19. The first-order valence-corrected chi connectivity index (χ1v) is 8.61. The molecule has 116 valence electrons. The zero-order valence-electron chi connectivity index (χ0n) is 13.8. The van der Waals surface area contributed by atoms with Crippen LogP contribution in [0.25, 0.3) is 0 Å². The van der Waals surface area contributed by atoms with Gasteiger partial charge in [-0.1, -0.05) is 43.7 Å². The molecular weight excluding hydrogens is 256 g/mol. The van der Waals surface area contributed by atoms with E-state index in [2.05, 4.69) is 61.3 Å². The van der Waals surface area contributed by atoms with Gasteiger partial charge in [-0.25, -0.2) is 0 Å². The third kappa shape index (κ3) is 3.32. The summed E-state index contributed by atoms with van der Waals surface area (Å²) in [5, 5.41) is 3.78. The van der Waals surface area contributed by atoms with Crippen molar-refractivity contribution in [3.63, 3.8) is 0 Å². The van der Waals surface area contributed by atoms with Gasteiger partial charge in [0.15, 0.2) is 0 Å². The van der Waals surface area contributed by atoms with Crippen LogP contribution in [0.3, 0.4) is 0 Å². The molecule has 2 aliphatic rings. The maximum atomic E-state index is 3.78. The number of hydrogen-bond acceptors (Lipinski definition) is 2. The molecule has 2 fully saturated rings. The molecule has 1 aromatic rings. The summed E-state index contributed by atoms with van der Waals surface area (Å²) < 4.78 is 0. The third-order valence-electron chi connectivity index (χ3n) is 5.64. The zero-order chi connectivity index (χ0) is 14.9. The minimum absolute atomic E-state index is 0.0952. The van der Waals surface area contributed by atoms with E-state index in [1.165, 1.54) is 31.4 Å². The Morgan fingerprint density at radius 3 is 2.62 bits per heavy atom. The lowest BCUT2D eigenvalue weighted by molar-refractivity contribution is 0.0790. The Balaban J connectivity index is 1.69. The maximum Gasteiger partial charge on any atom is 0.0535 e. The standard InChI is InChI=1S/C19H30N2/c1-15-9-10-17(11-15)13-21-14-19(3,20-12-16(21)2)18-7-5-4-6-8-18/h4-8,15-17,20H,9-14H2,1-3H3. The zero-order valence-corrected chi connectivity index (χ0v) is 13.8. The van der Waals surface area contributed by atoms with E-state index in [0.717, 1.165) is 24.9 Å². The smallest absolute Gasteiger partial charge is 0.0535 e. The van der Waals surface area contributed by atoms with E-state index in [1.54, 1.807) is 0 Å². The quantitative estimate of drug-likeness (QED) is 0.913. The molecule has 1 aliphatic carbocycles. The molecule has 0 spiro atoms. The lowest BCUT2D eigenvalue weighted by atomic mass is 9.87. The molecule has 0 radical (unpaired) electrons. The van der Waals surface area contributed by atoms with Crippen LogP contribution in [0.1, 0.15) is 45.6 Å². The normalized spacial score (nSPS) is 37.8.